The molecule has 1 aliphatic heterocycles. The lowest BCUT2D eigenvalue weighted by Crippen LogP contribution is -2.62. The van der Waals surface area contributed by atoms with Gasteiger partial charge in [-0.3, -0.25) is 14.9 Å². The monoisotopic (exact) mass is 505 g/mol. The third-order valence-electron chi connectivity index (χ3n) is 9.49. The van der Waals surface area contributed by atoms with Gasteiger partial charge < -0.3 is 0 Å². The van der Waals surface area contributed by atoms with Gasteiger partial charge in [-0.2, -0.15) is 0 Å². The zero-order valence-corrected chi connectivity index (χ0v) is 25.4. The molecule has 0 aromatic rings. The smallest absolute Gasteiger partial charge is 0.233 e. The highest BCUT2D eigenvalue weighted by atomic mass is 16.2. The van der Waals surface area contributed by atoms with Crippen LogP contribution in [-0.4, -0.2) is 11.8 Å². The van der Waals surface area contributed by atoms with E-state index < -0.39 is 5.41 Å². The van der Waals surface area contributed by atoms with Gasteiger partial charge in [-0.1, -0.05) is 157 Å². The molecule has 1 N–H and O–H groups in total. The summed E-state index contributed by atoms with van der Waals surface area (Å²) in [6.07, 6.45) is 27.1. The average molecular weight is 506 g/mol. The van der Waals surface area contributed by atoms with Crippen molar-refractivity contribution >= 4 is 11.8 Å². The third-order valence-corrected chi connectivity index (χ3v) is 9.49. The largest absolute Gasteiger partial charge is 0.296 e. The highest BCUT2D eigenvalue weighted by molar-refractivity contribution is 6.01. The Labute approximate surface area is 225 Å². The molecule has 0 saturated carbocycles. The molecule has 0 aromatic carbocycles. The summed E-state index contributed by atoms with van der Waals surface area (Å²) in [5.41, 5.74) is -0.725. The summed E-state index contributed by atoms with van der Waals surface area (Å²) in [6.45, 7) is 13.8. The van der Waals surface area contributed by atoms with E-state index in [1.54, 1.807) is 0 Å². The molecule has 0 unspecified atom stereocenters. The van der Waals surface area contributed by atoms with Crippen LogP contribution >= 0.6 is 0 Å². The molecular formula is C33H63NO2. The maximum Gasteiger partial charge on any atom is 0.233 e. The maximum absolute atomic E-state index is 13.6. The standard InChI is InChI=1S/C33H63NO2/c1-7-9-11-13-15-17-19-21-23-26-31(3,4)33(28-25-29(35)34-30(33)36)32(5,6)27-24-22-20-18-16-14-12-10-8-2/h7-28H2,1-6H3,(H,34,35,36). The van der Waals surface area contributed by atoms with E-state index in [4.69, 9.17) is 0 Å². The number of unbranched alkanes of at least 4 members (excludes halogenated alkanes) is 16. The van der Waals surface area contributed by atoms with Gasteiger partial charge in [0.25, 0.3) is 0 Å². The molecule has 1 fully saturated rings. The number of hydrogen-bond donors (Lipinski definition) is 1. The van der Waals surface area contributed by atoms with Crippen molar-refractivity contribution in [1.82, 2.24) is 5.32 Å². The van der Waals surface area contributed by atoms with Gasteiger partial charge in [0.15, 0.2) is 0 Å². The topological polar surface area (TPSA) is 46.2 Å². The van der Waals surface area contributed by atoms with E-state index in [2.05, 4.69) is 46.9 Å². The predicted octanol–water partition coefficient (Wildman–Crippen LogP) is 10.3. The Hall–Kier alpha value is -0.860. The summed E-state index contributed by atoms with van der Waals surface area (Å²) in [5.74, 6) is -0.0889. The van der Waals surface area contributed by atoms with Crippen LogP contribution in [0.2, 0.25) is 0 Å². The van der Waals surface area contributed by atoms with Gasteiger partial charge in [0.1, 0.15) is 0 Å². The molecule has 36 heavy (non-hydrogen) atoms. The fourth-order valence-electron chi connectivity index (χ4n) is 7.10. The van der Waals surface area contributed by atoms with Gasteiger partial charge in [-0.15, -0.1) is 0 Å². The van der Waals surface area contributed by atoms with Crippen molar-refractivity contribution in [2.45, 2.75) is 183 Å². The lowest BCUT2D eigenvalue weighted by molar-refractivity contribution is -0.163. The number of rotatable bonds is 22. The minimum Gasteiger partial charge on any atom is -0.296 e. The first-order chi connectivity index (χ1) is 17.1. The minimum absolute atomic E-state index is 0.000554. The van der Waals surface area contributed by atoms with Crippen LogP contribution in [0.4, 0.5) is 0 Å². The number of amides is 2. The van der Waals surface area contributed by atoms with Crippen molar-refractivity contribution in [3.05, 3.63) is 0 Å². The van der Waals surface area contributed by atoms with E-state index in [0.29, 0.717) is 12.8 Å². The average Bonchev–Trinajstić information content (AvgIpc) is 2.81. The van der Waals surface area contributed by atoms with Crippen LogP contribution < -0.4 is 5.32 Å². The van der Waals surface area contributed by atoms with Crippen molar-refractivity contribution in [3.63, 3.8) is 0 Å². The Bertz CT molecular complexity index is 573. The first-order valence-corrected chi connectivity index (χ1v) is 16.0. The lowest BCUT2D eigenvalue weighted by atomic mass is 9.47. The number of nitrogens with one attached hydrogen (secondary N) is 1. The van der Waals surface area contributed by atoms with E-state index >= 15 is 0 Å². The predicted molar refractivity (Wildman–Crippen MR) is 156 cm³/mol. The summed E-state index contributed by atoms with van der Waals surface area (Å²) in [5, 5.41) is 2.77. The summed E-state index contributed by atoms with van der Waals surface area (Å²) in [6, 6.07) is 0. The Balaban J connectivity index is 2.63. The Morgan fingerprint density at radius 3 is 1.25 bits per heavy atom. The van der Waals surface area contributed by atoms with E-state index in [1.807, 2.05) is 0 Å². The molecule has 0 bridgehead atoms. The van der Waals surface area contributed by atoms with Crippen molar-refractivity contribution in [2.24, 2.45) is 16.2 Å². The molecule has 1 rings (SSSR count). The first-order valence-electron chi connectivity index (χ1n) is 16.0. The fraction of sp³-hybridized carbons (Fsp3) is 0.939. The second-order valence-electron chi connectivity index (χ2n) is 13.2. The van der Waals surface area contributed by atoms with Crippen LogP contribution in [0.3, 0.4) is 0 Å². The van der Waals surface area contributed by atoms with Gasteiger partial charge in [0, 0.05) is 6.42 Å². The normalized spacial score (nSPS) is 16.4. The Kier molecular flexibility index (Phi) is 16.2. The zero-order valence-electron chi connectivity index (χ0n) is 25.4. The van der Waals surface area contributed by atoms with Gasteiger partial charge in [-0.25, -0.2) is 0 Å². The highest BCUT2D eigenvalue weighted by Crippen LogP contribution is 2.59. The molecule has 212 valence electrons. The molecule has 0 aromatic heterocycles. The zero-order chi connectivity index (χ0) is 26.9. The summed E-state index contributed by atoms with van der Waals surface area (Å²) in [4.78, 5) is 25.7. The summed E-state index contributed by atoms with van der Waals surface area (Å²) >= 11 is 0. The van der Waals surface area contributed by atoms with Crippen molar-refractivity contribution in [1.29, 1.82) is 0 Å². The summed E-state index contributed by atoms with van der Waals surface area (Å²) < 4.78 is 0. The molecule has 0 spiro atoms. The molecule has 3 nitrogen and oxygen atoms in total. The van der Waals surface area contributed by atoms with Gasteiger partial charge in [0.05, 0.1) is 5.41 Å². The molecule has 1 heterocycles. The molecule has 0 atom stereocenters. The van der Waals surface area contributed by atoms with E-state index in [1.165, 1.54) is 116 Å². The molecule has 1 aliphatic rings. The lowest BCUT2D eigenvalue weighted by Gasteiger charge is -2.56. The van der Waals surface area contributed by atoms with Crippen LogP contribution in [0, 0.1) is 16.2 Å². The first kappa shape index (κ1) is 33.2. The van der Waals surface area contributed by atoms with Gasteiger partial charge in [-0.05, 0) is 30.1 Å². The molecule has 3 heteroatoms. The van der Waals surface area contributed by atoms with Crippen LogP contribution in [0.5, 0.6) is 0 Å². The van der Waals surface area contributed by atoms with Crippen molar-refractivity contribution in [3.8, 4) is 0 Å². The number of hydrogen-bond acceptors (Lipinski definition) is 2. The molecule has 2 amide bonds. The SMILES string of the molecule is CCCCCCCCCCCC(C)(C)C1(C(C)(C)CCCCCCCCCCC)CCC(=O)NC1=O. The molecular weight excluding hydrogens is 442 g/mol. The van der Waals surface area contributed by atoms with E-state index in [9.17, 15) is 9.59 Å². The molecule has 0 aliphatic carbocycles. The van der Waals surface area contributed by atoms with Crippen LogP contribution in [-0.2, 0) is 9.59 Å². The second-order valence-corrected chi connectivity index (χ2v) is 13.2. The second kappa shape index (κ2) is 17.6. The minimum atomic E-state index is -0.478. The summed E-state index contributed by atoms with van der Waals surface area (Å²) in [7, 11) is 0. The van der Waals surface area contributed by atoms with Crippen LogP contribution in [0.15, 0.2) is 0 Å². The quantitative estimate of drug-likeness (QED) is 0.117. The number of piperidine rings is 1. The van der Waals surface area contributed by atoms with Crippen molar-refractivity contribution in [2.75, 3.05) is 0 Å². The van der Waals surface area contributed by atoms with Gasteiger partial charge >= 0.3 is 0 Å². The van der Waals surface area contributed by atoms with Crippen molar-refractivity contribution < 1.29 is 9.59 Å². The van der Waals surface area contributed by atoms with E-state index in [-0.39, 0.29) is 22.6 Å². The highest BCUT2D eigenvalue weighted by Gasteiger charge is 2.60. The van der Waals surface area contributed by atoms with Crippen LogP contribution in [0.1, 0.15) is 183 Å². The van der Waals surface area contributed by atoms with Crippen LogP contribution in [0.25, 0.3) is 0 Å². The molecule has 1 saturated heterocycles. The molecule has 0 radical (unpaired) electrons. The Morgan fingerprint density at radius 2 is 0.917 bits per heavy atom. The Morgan fingerprint density at radius 1 is 0.583 bits per heavy atom. The third kappa shape index (κ3) is 10.5. The number of imide groups is 1. The number of carbonyl (C=O) groups is 2. The maximum atomic E-state index is 13.6. The van der Waals surface area contributed by atoms with Gasteiger partial charge in [0.2, 0.25) is 11.8 Å². The van der Waals surface area contributed by atoms with E-state index in [0.717, 1.165) is 12.8 Å². The fourth-order valence-corrected chi connectivity index (χ4v) is 7.10. The number of carbonyl (C=O) groups excluding carboxylic acids is 2.